The summed E-state index contributed by atoms with van der Waals surface area (Å²) in [6.07, 6.45) is -0.313. The molecule has 0 spiro atoms. The van der Waals surface area contributed by atoms with Crippen LogP contribution in [0.1, 0.15) is 52.1 Å². The Labute approximate surface area is 221 Å². The zero-order valence-electron chi connectivity index (χ0n) is 21.7. The molecule has 0 radical (unpaired) electrons. The number of ether oxygens (including phenoxy) is 3. The molecule has 1 heterocycles. The molecule has 3 aromatic rings. The Kier molecular flexibility index (Phi) is 9.13. The molecule has 0 aliphatic heterocycles. The van der Waals surface area contributed by atoms with E-state index in [4.69, 9.17) is 25.8 Å². The van der Waals surface area contributed by atoms with Crippen molar-refractivity contribution in [3.63, 3.8) is 0 Å². The van der Waals surface area contributed by atoms with E-state index in [1.165, 1.54) is 31.5 Å². The Morgan fingerprint density at radius 2 is 1.78 bits per heavy atom. The van der Waals surface area contributed by atoms with Crippen molar-refractivity contribution < 1.29 is 19.0 Å². The van der Waals surface area contributed by atoms with E-state index in [0.29, 0.717) is 39.7 Å². The number of aromatic nitrogens is 3. The van der Waals surface area contributed by atoms with Gasteiger partial charge >= 0.3 is 0 Å². The Morgan fingerprint density at radius 1 is 1.11 bits per heavy atom. The fraction of sp³-hybridized carbons (Fsp3) is 0.423. The van der Waals surface area contributed by atoms with Gasteiger partial charge in [-0.15, -0.1) is 10.2 Å². The fourth-order valence-corrected chi connectivity index (χ4v) is 4.61. The summed E-state index contributed by atoms with van der Waals surface area (Å²) < 4.78 is 18.7. The monoisotopic (exact) mass is 532 g/mol. The lowest BCUT2D eigenvalue weighted by Gasteiger charge is -2.20. The molecule has 0 saturated heterocycles. The maximum atomic E-state index is 12.7. The van der Waals surface area contributed by atoms with Gasteiger partial charge in [0.2, 0.25) is 5.91 Å². The molecule has 2 aromatic carbocycles. The highest BCUT2D eigenvalue weighted by molar-refractivity contribution is 7.99. The van der Waals surface area contributed by atoms with Crippen LogP contribution in [0.15, 0.2) is 41.6 Å². The average Bonchev–Trinajstić information content (AvgIpc) is 3.26. The Bertz CT molecular complexity index is 1190. The largest absolute Gasteiger partial charge is 0.495 e. The van der Waals surface area contributed by atoms with E-state index in [2.05, 4.69) is 48.4 Å². The number of benzene rings is 2. The molecular weight excluding hydrogens is 500 g/mol. The third-order valence-corrected chi connectivity index (χ3v) is 6.80. The van der Waals surface area contributed by atoms with E-state index in [1.807, 2.05) is 30.5 Å². The van der Waals surface area contributed by atoms with Crippen molar-refractivity contribution in [1.82, 2.24) is 14.8 Å². The normalized spacial score (nSPS) is 12.2. The molecule has 0 saturated carbocycles. The minimum absolute atomic E-state index is 0.0791. The van der Waals surface area contributed by atoms with Gasteiger partial charge in [-0.2, -0.15) is 0 Å². The minimum atomic E-state index is -0.313. The zero-order valence-corrected chi connectivity index (χ0v) is 23.3. The number of nitrogens with one attached hydrogen (secondary N) is 1. The topological polar surface area (TPSA) is 87.5 Å². The standard InChI is InChI=1S/C26H33ClN4O4S/c1-8-31-24(16(2)35-18-11-9-17(10-12-18)26(3,4)5)29-30-25(31)36-15-23(32)28-20-14-21(33-6)19(27)13-22(20)34-7/h9-14,16H,8,15H2,1-7H3,(H,28,32). The molecule has 36 heavy (non-hydrogen) atoms. The van der Waals surface area contributed by atoms with Crippen molar-refractivity contribution in [2.24, 2.45) is 0 Å². The zero-order chi connectivity index (χ0) is 26.5. The van der Waals surface area contributed by atoms with Crippen LogP contribution in [0, 0.1) is 0 Å². The summed E-state index contributed by atoms with van der Waals surface area (Å²) >= 11 is 7.44. The number of halogens is 1. The lowest BCUT2D eigenvalue weighted by Crippen LogP contribution is -2.16. The predicted octanol–water partition coefficient (Wildman–Crippen LogP) is 6.14. The van der Waals surface area contributed by atoms with Crippen LogP contribution in [0.5, 0.6) is 17.2 Å². The Hall–Kier alpha value is -2.91. The molecule has 0 aliphatic rings. The highest BCUT2D eigenvalue weighted by atomic mass is 35.5. The summed E-state index contributed by atoms with van der Waals surface area (Å²) in [6, 6.07) is 11.3. The fourth-order valence-electron chi connectivity index (χ4n) is 3.57. The first-order valence-corrected chi connectivity index (χ1v) is 13.0. The van der Waals surface area contributed by atoms with Crippen LogP contribution in [0.2, 0.25) is 5.02 Å². The van der Waals surface area contributed by atoms with Gasteiger partial charge < -0.3 is 24.1 Å². The molecule has 0 aliphatic carbocycles. The molecule has 1 aromatic heterocycles. The first-order chi connectivity index (χ1) is 17.1. The van der Waals surface area contributed by atoms with Gasteiger partial charge in [0, 0.05) is 18.7 Å². The molecule has 0 bridgehead atoms. The molecule has 8 nitrogen and oxygen atoms in total. The van der Waals surface area contributed by atoms with Crippen molar-refractivity contribution in [3.05, 3.63) is 52.8 Å². The lowest BCUT2D eigenvalue weighted by atomic mass is 9.87. The number of hydrogen-bond donors (Lipinski definition) is 1. The van der Waals surface area contributed by atoms with Gasteiger partial charge in [0.05, 0.1) is 30.7 Å². The molecule has 10 heteroatoms. The van der Waals surface area contributed by atoms with E-state index < -0.39 is 0 Å². The van der Waals surface area contributed by atoms with Gasteiger partial charge in [0.1, 0.15) is 17.2 Å². The highest BCUT2D eigenvalue weighted by Crippen LogP contribution is 2.36. The van der Waals surface area contributed by atoms with Gasteiger partial charge in [-0.3, -0.25) is 4.79 Å². The number of methoxy groups -OCH3 is 2. The van der Waals surface area contributed by atoms with Crippen LogP contribution in [0.25, 0.3) is 0 Å². The van der Waals surface area contributed by atoms with E-state index in [1.54, 1.807) is 12.1 Å². The average molecular weight is 533 g/mol. The summed E-state index contributed by atoms with van der Waals surface area (Å²) in [6.45, 7) is 11.1. The molecule has 1 atom stereocenters. The lowest BCUT2D eigenvalue weighted by molar-refractivity contribution is -0.113. The van der Waals surface area contributed by atoms with E-state index in [0.717, 1.165) is 5.75 Å². The molecular formula is C26H33ClN4O4S. The third-order valence-electron chi connectivity index (χ3n) is 5.54. The minimum Gasteiger partial charge on any atom is -0.495 e. The first-order valence-electron chi connectivity index (χ1n) is 11.6. The smallest absolute Gasteiger partial charge is 0.234 e. The number of amides is 1. The maximum absolute atomic E-state index is 12.7. The molecule has 194 valence electrons. The second-order valence-corrected chi connectivity index (χ2v) is 10.5. The second kappa shape index (κ2) is 11.9. The van der Waals surface area contributed by atoms with Crippen LogP contribution in [-0.2, 0) is 16.8 Å². The highest BCUT2D eigenvalue weighted by Gasteiger charge is 2.21. The van der Waals surface area contributed by atoms with Crippen LogP contribution in [-0.4, -0.2) is 40.6 Å². The van der Waals surface area contributed by atoms with Crippen LogP contribution >= 0.6 is 23.4 Å². The van der Waals surface area contributed by atoms with E-state index in [9.17, 15) is 4.79 Å². The quantitative estimate of drug-likeness (QED) is 0.314. The number of rotatable bonds is 10. The van der Waals surface area contributed by atoms with Gasteiger partial charge in [0.25, 0.3) is 0 Å². The van der Waals surface area contributed by atoms with E-state index in [-0.39, 0.29) is 23.2 Å². The van der Waals surface area contributed by atoms with Crippen LogP contribution in [0.3, 0.4) is 0 Å². The van der Waals surface area contributed by atoms with Crippen LogP contribution < -0.4 is 19.5 Å². The van der Waals surface area contributed by atoms with Gasteiger partial charge in [-0.1, -0.05) is 56.3 Å². The van der Waals surface area contributed by atoms with E-state index >= 15 is 0 Å². The van der Waals surface area contributed by atoms with Gasteiger partial charge in [-0.05, 0) is 37.0 Å². The number of hydrogen-bond acceptors (Lipinski definition) is 7. The third kappa shape index (κ3) is 6.64. The van der Waals surface area contributed by atoms with Gasteiger partial charge in [0.15, 0.2) is 17.1 Å². The maximum Gasteiger partial charge on any atom is 0.234 e. The van der Waals surface area contributed by atoms with Crippen LogP contribution in [0.4, 0.5) is 5.69 Å². The van der Waals surface area contributed by atoms with Crippen molar-refractivity contribution in [3.8, 4) is 17.2 Å². The predicted molar refractivity (Wildman–Crippen MR) is 144 cm³/mol. The van der Waals surface area contributed by atoms with Crippen molar-refractivity contribution >= 4 is 35.0 Å². The number of carbonyl (C=O) groups is 1. The molecule has 1 unspecified atom stereocenters. The summed E-state index contributed by atoms with van der Waals surface area (Å²) in [5.41, 5.74) is 1.79. The second-order valence-electron chi connectivity index (χ2n) is 9.14. The number of carbonyl (C=O) groups excluding carboxylic acids is 1. The van der Waals surface area contributed by atoms with Gasteiger partial charge in [-0.25, -0.2) is 0 Å². The molecule has 0 fully saturated rings. The number of anilines is 1. The molecule has 3 rings (SSSR count). The molecule has 1 N–H and O–H groups in total. The number of thioether (sulfide) groups is 1. The summed E-state index contributed by atoms with van der Waals surface area (Å²) in [4.78, 5) is 12.7. The summed E-state index contributed by atoms with van der Waals surface area (Å²) in [5.74, 6) is 2.26. The van der Waals surface area contributed by atoms with Crippen molar-refractivity contribution in [1.29, 1.82) is 0 Å². The van der Waals surface area contributed by atoms with Crippen molar-refractivity contribution in [2.75, 3.05) is 25.3 Å². The Balaban J connectivity index is 1.66. The first kappa shape index (κ1) is 27.7. The Morgan fingerprint density at radius 3 is 2.36 bits per heavy atom. The molecule has 1 amide bonds. The number of nitrogens with zero attached hydrogens (tertiary/aromatic N) is 3. The van der Waals surface area contributed by atoms with Crippen molar-refractivity contribution in [2.45, 2.75) is 57.8 Å². The SMILES string of the molecule is CCn1c(SCC(=O)Nc2cc(OC)c(Cl)cc2OC)nnc1C(C)Oc1ccc(C(C)(C)C)cc1. The summed E-state index contributed by atoms with van der Waals surface area (Å²) in [5, 5.41) is 12.5. The summed E-state index contributed by atoms with van der Waals surface area (Å²) in [7, 11) is 3.02.